The van der Waals surface area contributed by atoms with Crippen molar-refractivity contribution in [3.63, 3.8) is 0 Å². The first-order valence-corrected chi connectivity index (χ1v) is 7.29. The summed E-state index contributed by atoms with van der Waals surface area (Å²) in [5.41, 5.74) is 3.60. The Morgan fingerprint density at radius 2 is 1.89 bits per heavy atom. The van der Waals surface area contributed by atoms with E-state index in [1.165, 1.54) is 11.1 Å². The van der Waals surface area contributed by atoms with E-state index in [-0.39, 0.29) is 7.09 Å². The monoisotopic (exact) mass is 339 g/mol. The predicted octanol–water partition coefficient (Wildman–Crippen LogP) is 5.26. The van der Waals surface area contributed by atoms with Gasteiger partial charge in [0.15, 0.2) is 0 Å². The number of aryl methyl sites for hydroxylation is 1. The van der Waals surface area contributed by atoms with E-state index in [4.69, 9.17) is 17.7 Å². The van der Waals surface area contributed by atoms with Crippen molar-refractivity contribution in [2.75, 3.05) is 7.09 Å². The summed E-state index contributed by atoms with van der Waals surface area (Å²) in [5.74, 6) is 0.607. The zero-order valence-electron chi connectivity index (χ0n) is 11.7. The maximum Gasteiger partial charge on any atom is 0.134 e. The normalized spacial score (nSPS) is 11.2. The van der Waals surface area contributed by atoms with Crippen LogP contribution in [0.2, 0.25) is 5.02 Å². The minimum absolute atomic E-state index is 0.118. The molecule has 0 N–H and O–H groups in total. The van der Waals surface area contributed by atoms with E-state index in [0.717, 1.165) is 22.9 Å². The van der Waals surface area contributed by atoms with Crippen molar-refractivity contribution in [2.45, 2.75) is 19.8 Å². The van der Waals surface area contributed by atoms with E-state index in [1.54, 1.807) is 6.07 Å². The van der Waals surface area contributed by atoms with E-state index in [2.05, 4.69) is 47.1 Å². The van der Waals surface area contributed by atoms with Crippen LogP contribution in [0.4, 0.5) is 0 Å². The van der Waals surface area contributed by atoms with Crippen LogP contribution in [0.15, 0.2) is 40.9 Å². The van der Waals surface area contributed by atoms with Gasteiger partial charge in [-0.1, -0.05) is 42.8 Å². The van der Waals surface area contributed by atoms with Gasteiger partial charge in [-0.3, -0.25) is 0 Å². The minimum Gasteiger partial charge on any atom is -0.496 e. The Hall–Kier alpha value is -0.990. The first-order valence-electron chi connectivity index (χ1n) is 6.82. The summed E-state index contributed by atoms with van der Waals surface area (Å²) in [6.45, 7) is 2.15. The summed E-state index contributed by atoms with van der Waals surface area (Å²) in [4.78, 5) is 0. The summed E-state index contributed by atoms with van der Waals surface area (Å²) in [7, 11) is -0.118. The first kappa shape index (κ1) is 13.0. The summed E-state index contributed by atoms with van der Waals surface area (Å²) in [6.07, 6.45) is 1.83. The van der Waals surface area contributed by atoms with Crippen molar-refractivity contribution in [1.29, 1.82) is 0 Å². The highest BCUT2D eigenvalue weighted by molar-refractivity contribution is 9.10. The van der Waals surface area contributed by atoms with Crippen LogP contribution in [0.3, 0.4) is 0 Å². The summed E-state index contributed by atoms with van der Waals surface area (Å²) in [6, 6.07) is 12.3. The van der Waals surface area contributed by atoms with Gasteiger partial charge in [-0.05, 0) is 51.5 Å². The Morgan fingerprint density at radius 1 is 1.21 bits per heavy atom. The second-order valence-electron chi connectivity index (χ2n) is 4.37. The molecule has 0 aliphatic rings. The van der Waals surface area contributed by atoms with Crippen LogP contribution in [-0.2, 0) is 12.8 Å². The van der Waals surface area contributed by atoms with Crippen molar-refractivity contribution in [2.24, 2.45) is 0 Å². The fourth-order valence-electron chi connectivity index (χ4n) is 1.93. The van der Waals surface area contributed by atoms with Crippen molar-refractivity contribution in [3.05, 3.63) is 62.6 Å². The van der Waals surface area contributed by atoms with Crippen LogP contribution < -0.4 is 4.74 Å². The Kier molecular flexibility index (Phi) is 4.41. The second-order valence-corrected chi connectivity index (χ2v) is 5.63. The molecular formula is C16H16BrClO. The van der Waals surface area contributed by atoms with Gasteiger partial charge in [0.25, 0.3) is 0 Å². The average Bonchev–Trinajstić information content (AvgIpc) is 2.45. The molecule has 0 atom stereocenters. The molecule has 0 aromatic heterocycles. The molecule has 0 fully saturated rings. The third-order valence-electron chi connectivity index (χ3n) is 3.08. The van der Waals surface area contributed by atoms with Gasteiger partial charge in [0.05, 0.1) is 12.9 Å². The predicted molar refractivity (Wildman–Crippen MR) is 84.3 cm³/mol. The van der Waals surface area contributed by atoms with Gasteiger partial charge in [0, 0.05) is 11.1 Å². The van der Waals surface area contributed by atoms with Crippen molar-refractivity contribution in [3.8, 4) is 5.75 Å². The van der Waals surface area contributed by atoms with E-state index >= 15 is 0 Å². The minimum atomic E-state index is -0.118. The fraction of sp³-hybridized carbons (Fsp3) is 0.250. The van der Waals surface area contributed by atoms with Gasteiger partial charge < -0.3 is 4.74 Å². The van der Waals surface area contributed by atoms with Gasteiger partial charge in [-0.25, -0.2) is 0 Å². The highest BCUT2D eigenvalue weighted by atomic mass is 79.9. The quantitative estimate of drug-likeness (QED) is 0.737. The fourth-order valence-corrected chi connectivity index (χ4v) is 2.65. The number of rotatable bonds is 4. The molecule has 0 saturated heterocycles. The van der Waals surface area contributed by atoms with Gasteiger partial charge in [-0.15, -0.1) is 0 Å². The molecule has 3 heteroatoms. The molecule has 0 spiro atoms. The highest BCUT2D eigenvalue weighted by Crippen LogP contribution is 2.32. The Labute approximate surface area is 129 Å². The number of methoxy groups -OCH3 is 1. The maximum absolute atomic E-state index is 7.09. The molecule has 2 aromatic carbocycles. The molecule has 19 heavy (non-hydrogen) atoms. The number of halogens is 2. The molecule has 0 radical (unpaired) electrons. The van der Waals surface area contributed by atoms with E-state index < -0.39 is 0 Å². The summed E-state index contributed by atoms with van der Waals surface area (Å²) < 4.78 is 13.1. The van der Waals surface area contributed by atoms with Crippen LogP contribution in [0.25, 0.3) is 0 Å². The maximum atomic E-state index is 7.09. The van der Waals surface area contributed by atoms with Crippen LogP contribution in [0, 0.1) is 0 Å². The molecule has 2 aromatic rings. The first-order chi connectivity index (χ1) is 9.63. The van der Waals surface area contributed by atoms with Crippen molar-refractivity contribution < 1.29 is 6.11 Å². The van der Waals surface area contributed by atoms with Gasteiger partial charge in [0.1, 0.15) is 5.75 Å². The molecule has 0 aliphatic heterocycles. The Bertz CT molecular complexity index is 584. The molecule has 0 saturated carbocycles. The second kappa shape index (κ2) is 6.44. The van der Waals surface area contributed by atoms with Crippen LogP contribution >= 0.6 is 27.5 Å². The van der Waals surface area contributed by atoms with Crippen molar-refractivity contribution in [1.82, 2.24) is 0 Å². The van der Waals surface area contributed by atoms with Gasteiger partial charge in [0.2, 0.25) is 0 Å². The van der Waals surface area contributed by atoms with Gasteiger partial charge >= 0.3 is 0 Å². The molecule has 2 rings (SSSR count). The van der Waals surface area contributed by atoms with Crippen LogP contribution in [-0.4, -0.2) is 7.09 Å². The number of hydrogen-bond donors (Lipinski definition) is 0. The molecule has 100 valence electrons. The lowest BCUT2D eigenvalue weighted by molar-refractivity contribution is 0.412. The standard InChI is InChI=1S/C16H16BrClO/c1-3-11-4-6-12(7-5-11)8-13-9-14(17)16(19-2)10-15(13)18/h4-7,9-10H,3,8H2,1-2H3/i2D. The lowest BCUT2D eigenvalue weighted by atomic mass is 10.0. The molecular weight excluding hydrogens is 324 g/mol. The zero-order chi connectivity index (χ0) is 14.5. The summed E-state index contributed by atoms with van der Waals surface area (Å²) in [5, 5.41) is 0.663. The van der Waals surface area contributed by atoms with Crippen molar-refractivity contribution >= 4 is 27.5 Å². The molecule has 0 heterocycles. The third kappa shape index (κ3) is 3.52. The van der Waals surface area contributed by atoms with E-state index in [9.17, 15) is 0 Å². The van der Waals surface area contributed by atoms with E-state index in [1.807, 2.05) is 6.07 Å². The van der Waals surface area contributed by atoms with Crippen LogP contribution in [0.5, 0.6) is 5.75 Å². The lowest BCUT2D eigenvalue weighted by Crippen LogP contribution is -1.93. The SMILES string of the molecule is [2H]COc1cc(Cl)c(Cc2ccc(CC)cc2)cc1Br. The molecule has 1 nitrogen and oxygen atoms in total. The molecule has 0 unspecified atom stereocenters. The Balaban J connectivity index is 2.22. The average molecular weight is 341 g/mol. The summed E-state index contributed by atoms with van der Waals surface area (Å²) >= 11 is 9.73. The Morgan fingerprint density at radius 3 is 2.53 bits per heavy atom. The highest BCUT2D eigenvalue weighted by Gasteiger charge is 2.08. The smallest absolute Gasteiger partial charge is 0.134 e. The molecule has 0 amide bonds. The lowest BCUT2D eigenvalue weighted by Gasteiger charge is -2.09. The number of hydrogen-bond acceptors (Lipinski definition) is 1. The third-order valence-corrected chi connectivity index (χ3v) is 4.05. The number of ether oxygens (including phenoxy) is 1. The molecule has 0 bridgehead atoms. The largest absolute Gasteiger partial charge is 0.496 e. The van der Waals surface area contributed by atoms with Crippen LogP contribution in [0.1, 0.15) is 25.0 Å². The van der Waals surface area contributed by atoms with E-state index in [0.29, 0.717) is 10.8 Å². The number of benzene rings is 2. The topological polar surface area (TPSA) is 9.23 Å². The molecule has 0 aliphatic carbocycles. The van der Waals surface area contributed by atoms with Gasteiger partial charge in [-0.2, -0.15) is 0 Å². The zero-order valence-corrected chi connectivity index (χ0v) is 13.1.